The van der Waals surface area contributed by atoms with Crippen molar-refractivity contribution in [1.82, 2.24) is 0 Å². The molecule has 0 unspecified atom stereocenters. The van der Waals surface area contributed by atoms with Crippen molar-refractivity contribution >= 4 is 11.6 Å². The molecule has 0 heterocycles. The van der Waals surface area contributed by atoms with E-state index in [1.807, 2.05) is 0 Å². The fraction of sp³-hybridized carbons (Fsp3) is 0.0769. The summed E-state index contributed by atoms with van der Waals surface area (Å²) in [5.41, 5.74) is 2.05. The lowest BCUT2D eigenvalue weighted by Crippen LogP contribution is -1.89. The highest BCUT2D eigenvalue weighted by Crippen LogP contribution is 2.26. The lowest BCUT2D eigenvalue weighted by Gasteiger charge is -2.07. The Morgan fingerprint density at radius 1 is 0.938 bits per heavy atom. The van der Waals surface area contributed by atoms with E-state index >= 15 is 0 Å². The van der Waals surface area contributed by atoms with Crippen LogP contribution in [0.3, 0.4) is 0 Å². The molecule has 82 valence electrons. The molecule has 2 rings (SSSR count). The third kappa shape index (κ3) is 2.22. The molecule has 0 saturated heterocycles. The second-order valence-electron chi connectivity index (χ2n) is 3.45. The van der Waals surface area contributed by atoms with Crippen LogP contribution in [-0.4, -0.2) is 0 Å². The van der Waals surface area contributed by atoms with E-state index < -0.39 is 0 Å². The van der Waals surface area contributed by atoms with Gasteiger partial charge < -0.3 is 0 Å². The first kappa shape index (κ1) is 11.1. The van der Waals surface area contributed by atoms with Crippen LogP contribution in [0.5, 0.6) is 0 Å². The van der Waals surface area contributed by atoms with E-state index in [-0.39, 0.29) is 17.5 Å². The van der Waals surface area contributed by atoms with Crippen LogP contribution >= 0.6 is 11.6 Å². The molecule has 0 spiro atoms. The molecule has 0 saturated carbocycles. The maximum atomic E-state index is 13.1. The maximum Gasteiger partial charge on any atom is 0.123 e. The molecule has 0 aromatic heterocycles. The predicted molar refractivity (Wildman–Crippen MR) is 61.4 cm³/mol. The van der Waals surface area contributed by atoms with Crippen molar-refractivity contribution in [3.05, 3.63) is 59.7 Å². The molecule has 16 heavy (non-hydrogen) atoms. The number of halogens is 3. The Morgan fingerprint density at radius 3 is 2.38 bits per heavy atom. The minimum Gasteiger partial charge on any atom is -0.207 e. The van der Waals surface area contributed by atoms with Crippen LogP contribution in [0.4, 0.5) is 8.78 Å². The first-order valence-electron chi connectivity index (χ1n) is 4.81. The standard InChI is InChI=1S/C13H9ClF2/c14-8-10-4-5-12(16)7-13(10)9-2-1-3-11(15)6-9/h1-7H,8H2. The summed E-state index contributed by atoms with van der Waals surface area (Å²) >= 11 is 5.76. The van der Waals surface area contributed by atoms with Crippen LogP contribution < -0.4 is 0 Å². The zero-order valence-corrected chi connectivity index (χ0v) is 9.14. The van der Waals surface area contributed by atoms with Crippen LogP contribution in [0.15, 0.2) is 42.5 Å². The Morgan fingerprint density at radius 2 is 1.69 bits per heavy atom. The molecule has 2 aromatic rings. The number of hydrogen-bond donors (Lipinski definition) is 0. The van der Waals surface area contributed by atoms with Gasteiger partial charge in [-0.2, -0.15) is 0 Å². The van der Waals surface area contributed by atoms with E-state index in [0.29, 0.717) is 11.1 Å². The molecular formula is C13H9ClF2. The van der Waals surface area contributed by atoms with E-state index in [0.717, 1.165) is 5.56 Å². The van der Waals surface area contributed by atoms with Gasteiger partial charge >= 0.3 is 0 Å². The van der Waals surface area contributed by atoms with Crippen LogP contribution in [0.25, 0.3) is 11.1 Å². The van der Waals surface area contributed by atoms with Crippen LogP contribution in [-0.2, 0) is 5.88 Å². The number of alkyl halides is 1. The Kier molecular flexibility index (Phi) is 3.20. The second kappa shape index (κ2) is 4.62. The number of rotatable bonds is 2. The van der Waals surface area contributed by atoms with E-state index in [9.17, 15) is 8.78 Å². The van der Waals surface area contributed by atoms with Crippen molar-refractivity contribution in [2.45, 2.75) is 5.88 Å². The fourth-order valence-corrected chi connectivity index (χ4v) is 1.82. The van der Waals surface area contributed by atoms with E-state index in [4.69, 9.17) is 11.6 Å². The normalized spacial score (nSPS) is 10.4. The van der Waals surface area contributed by atoms with Gasteiger partial charge in [-0.05, 0) is 41.0 Å². The predicted octanol–water partition coefficient (Wildman–Crippen LogP) is 4.37. The van der Waals surface area contributed by atoms with Gasteiger partial charge in [-0.25, -0.2) is 8.78 Å². The molecular weight excluding hydrogens is 230 g/mol. The van der Waals surface area contributed by atoms with Crippen LogP contribution in [0.1, 0.15) is 5.56 Å². The summed E-state index contributed by atoms with van der Waals surface area (Å²) in [5.74, 6) is -0.429. The highest BCUT2D eigenvalue weighted by atomic mass is 35.5. The molecule has 0 aliphatic rings. The van der Waals surface area contributed by atoms with E-state index in [2.05, 4.69) is 0 Å². The maximum absolute atomic E-state index is 13.1. The summed E-state index contributed by atoms with van der Waals surface area (Å²) in [4.78, 5) is 0. The molecule has 0 N–H and O–H groups in total. The summed E-state index contributed by atoms with van der Waals surface area (Å²) < 4.78 is 26.2. The number of hydrogen-bond acceptors (Lipinski definition) is 0. The van der Waals surface area contributed by atoms with Gasteiger partial charge in [-0.3, -0.25) is 0 Å². The third-order valence-electron chi connectivity index (χ3n) is 2.35. The zero-order valence-electron chi connectivity index (χ0n) is 8.38. The monoisotopic (exact) mass is 238 g/mol. The van der Waals surface area contributed by atoms with Crippen LogP contribution in [0.2, 0.25) is 0 Å². The quantitative estimate of drug-likeness (QED) is 0.682. The van der Waals surface area contributed by atoms with Crippen molar-refractivity contribution < 1.29 is 8.78 Å². The molecule has 0 amide bonds. The average Bonchev–Trinajstić information content (AvgIpc) is 2.29. The number of benzene rings is 2. The Hall–Kier alpha value is -1.41. The van der Waals surface area contributed by atoms with Crippen molar-refractivity contribution in [3.63, 3.8) is 0 Å². The SMILES string of the molecule is Fc1cccc(-c2cc(F)ccc2CCl)c1. The Labute approximate surface area is 97.5 Å². The molecule has 2 aromatic carbocycles. The van der Waals surface area contributed by atoms with Gasteiger partial charge in [0.25, 0.3) is 0 Å². The van der Waals surface area contributed by atoms with Crippen molar-refractivity contribution in [2.24, 2.45) is 0 Å². The first-order chi connectivity index (χ1) is 7.70. The highest BCUT2D eigenvalue weighted by molar-refractivity contribution is 6.17. The van der Waals surface area contributed by atoms with Gasteiger partial charge in [0.1, 0.15) is 11.6 Å². The van der Waals surface area contributed by atoms with Crippen molar-refractivity contribution in [2.75, 3.05) is 0 Å². The molecule has 0 nitrogen and oxygen atoms in total. The molecule has 0 bridgehead atoms. The first-order valence-corrected chi connectivity index (χ1v) is 5.34. The largest absolute Gasteiger partial charge is 0.207 e. The highest BCUT2D eigenvalue weighted by Gasteiger charge is 2.06. The van der Waals surface area contributed by atoms with Gasteiger partial charge in [0, 0.05) is 5.88 Å². The summed E-state index contributed by atoms with van der Waals surface area (Å²) in [6, 6.07) is 10.4. The summed E-state index contributed by atoms with van der Waals surface area (Å²) in [6.45, 7) is 0. The molecule has 0 fully saturated rings. The molecule has 0 aliphatic carbocycles. The van der Waals surface area contributed by atoms with Crippen molar-refractivity contribution in [3.8, 4) is 11.1 Å². The average molecular weight is 239 g/mol. The van der Waals surface area contributed by atoms with Crippen LogP contribution in [0, 0.1) is 11.6 Å². The van der Waals surface area contributed by atoms with E-state index in [1.165, 1.54) is 24.3 Å². The lowest BCUT2D eigenvalue weighted by molar-refractivity contribution is 0.625. The minimum absolute atomic E-state index is 0.270. The topological polar surface area (TPSA) is 0 Å². The molecule has 0 radical (unpaired) electrons. The second-order valence-corrected chi connectivity index (χ2v) is 3.71. The molecule has 0 atom stereocenters. The minimum atomic E-state index is -0.354. The summed E-state index contributed by atoms with van der Waals surface area (Å²) in [5, 5.41) is 0. The van der Waals surface area contributed by atoms with Gasteiger partial charge in [-0.1, -0.05) is 18.2 Å². The van der Waals surface area contributed by atoms with E-state index in [1.54, 1.807) is 18.2 Å². The molecule has 3 heteroatoms. The Bertz CT molecular complexity index is 509. The lowest BCUT2D eigenvalue weighted by atomic mass is 10.0. The van der Waals surface area contributed by atoms with Gasteiger partial charge in [0.15, 0.2) is 0 Å². The zero-order chi connectivity index (χ0) is 11.5. The summed E-state index contributed by atoms with van der Waals surface area (Å²) in [6.07, 6.45) is 0. The smallest absolute Gasteiger partial charge is 0.123 e. The fourth-order valence-electron chi connectivity index (χ4n) is 1.59. The van der Waals surface area contributed by atoms with Crippen molar-refractivity contribution in [1.29, 1.82) is 0 Å². The Balaban J connectivity index is 2.58. The summed E-state index contributed by atoms with van der Waals surface area (Å²) in [7, 11) is 0. The van der Waals surface area contributed by atoms with Gasteiger partial charge in [-0.15, -0.1) is 11.6 Å². The molecule has 0 aliphatic heterocycles. The third-order valence-corrected chi connectivity index (χ3v) is 2.64. The van der Waals surface area contributed by atoms with Gasteiger partial charge in [0.2, 0.25) is 0 Å². The van der Waals surface area contributed by atoms with Gasteiger partial charge in [0.05, 0.1) is 0 Å².